The third kappa shape index (κ3) is 76.1. The van der Waals surface area contributed by atoms with E-state index in [0.717, 1.165) is 89.9 Å². The van der Waals surface area contributed by atoms with Crippen LogP contribution in [0.25, 0.3) is 0 Å². The molecule has 0 amide bonds. The van der Waals surface area contributed by atoms with Crippen LogP contribution in [0.1, 0.15) is 445 Å². The molecule has 0 saturated heterocycles. The first-order valence-corrected chi connectivity index (χ1v) is 45.8. The van der Waals surface area contributed by atoms with Gasteiger partial charge in [-0.3, -0.25) is 37.3 Å². The molecule has 0 aliphatic rings. The summed E-state index contributed by atoms with van der Waals surface area (Å²) in [5, 5.41) is 10.6. The van der Waals surface area contributed by atoms with E-state index >= 15 is 0 Å². The summed E-state index contributed by atoms with van der Waals surface area (Å²) in [7, 11) is -9.92. The zero-order valence-electron chi connectivity index (χ0n) is 65.9. The van der Waals surface area contributed by atoms with Crippen molar-refractivity contribution >= 4 is 39.5 Å². The highest BCUT2D eigenvalue weighted by molar-refractivity contribution is 7.47. The second-order valence-electron chi connectivity index (χ2n) is 29.5. The van der Waals surface area contributed by atoms with Crippen molar-refractivity contribution < 1.29 is 80.2 Å². The predicted molar refractivity (Wildman–Crippen MR) is 414 cm³/mol. The first-order chi connectivity index (χ1) is 49.2. The molecule has 0 spiro atoms. The summed E-state index contributed by atoms with van der Waals surface area (Å²) in [5.41, 5.74) is 0. The van der Waals surface area contributed by atoms with Gasteiger partial charge in [0.2, 0.25) is 0 Å². The third-order valence-corrected chi connectivity index (χ3v) is 21.3. The summed E-state index contributed by atoms with van der Waals surface area (Å²) >= 11 is 0. The van der Waals surface area contributed by atoms with Gasteiger partial charge >= 0.3 is 39.5 Å². The molecule has 17 nitrogen and oxygen atoms in total. The molecule has 19 heteroatoms. The Morgan fingerprint density at radius 2 is 0.396 bits per heavy atom. The summed E-state index contributed by atoms with van der Waals surface area (Å²) < 4.78 is 68.7. The monoisotopic (exact) mass is 1480 g/mol. The highest BCUT2D eigenvalue weighted by Gasteiger charge is 2.30. The first kappa shape index (κ1) is 99.1. The van der Waals surface area contributed by atoms with Gasteiger partial charge in [0, 0.05) is 25.7 Å². The minimum atomic E-state index is -4.96. The molecule has 101 heavy (non-hydrogen) atoms. The third-order valence-electron chi connectivity index (χ3n) is 19.4. The number of esters is 4. The Hall–Kier alpha value is -1.94. The van der Waals surface area contributed by atoms with Gasteiger partial charge in [-0.2, -0.15) is 0 Å². The lowest BCUT2D eigenvalue weighted by Crippen LogP contribution is -2.30. The van der Waals surface area contributed by atoms with E-state index in [1.807, 2.05) is 0 Å². The Bertz CT molecular complexity index is 1910. The highest BCUT2D eigenvalue weighted by atomic mass is 31.2. The van der Waals surface area contributed by atoms with E-state index in [-0.39, 0.29) is 25.7 Å². The number of phosphoric acid groups is 2. The number of ether oxygens (including phenoxy) is 4. The zero-order chi connectivity index (χ0) is 73.9. The van der Waals surface area contributed by atoms with E-state index in [0.29, 0.717) is 25.7 Å². The Labute approximate surface area is 619 Å². The van der Waals surface area contributed by atoms with Gasteiger partial charge in [0.1, 0.15) is 19.3 Å². The van der Waals surface area contributed by atoms with Crippen LogP contribution in [0.4, 0.5) is 0 Å². The van der Waals surface area contributed by atoms with E-state index < -0.39 is 97.5 Å². The van der Waals surface area contributed by atoms with E-state index in [9.17, 15) is 43.2 Å². The molecular formula is C82H160O17P2. The number of aliphatic hydroxyl groups is 1. The maximum atomic E-state index is 13.1. The van der Waals surface area contributed by atoms with Crippen LogP contribution in [-0.4, -0.2) is 96.7 Å². The maximum Gasteiger partial charge on any atom is 0.472 e. The number of carbonyl (C=O) groups is 4. The molecule has 600 valence electrons. The molecule has 0 aliphatic heterocycles. The lowest BCUT2D eigenvalue weighted by atomic mass is 10.0. The maximum absolute atomic E-state index is 13.1. The topological polar surface area (TPSA) is 237 Å². The molecule has 2 unspecified atom stereocenters. The number of hydrogen-bond donors (Lipinski definition) is 3. The molecule has 0 aromatic heterocycles. The van der Waals surface area contributed by atoms with E-state index in [1.54, 1.807) is 0 Å². The second kappa shape index (κ2) is 76.3. The molecule has 0 aromatic rings. The number of aliphatic hydroxyl groups excluding tert-OH is 1. The predicted octanol–water partition coefficient (Wildman–Crippen LogP) is 25.0. The normalized spacial score (nSPS) is 13.8. The fourth-order valence-corrected chi connectivity index (χ4v) is 14.4. The quantitative estimate of drug-likeness (QED) is 0.0222. The molecule has 0 saturated carbocycles. The summed E-state index contributed by atoms with van der Waals surface area (Å²) in [6.45, 7) is 5.02. The number of phosphoric ester groups is 2. The van der Waals surface area contributed by atoms with Crippen LogP contribution in [0.5, 0.6) is 0 Å². The molecule has 0 bridgehead atoms. The summed E-state index contributed by atoms with van der Waals surface area (Å²) in [6.07, 6.45) is 69.4. The van der Waals surface area contributed by atoms with Crippen LogP contribution in [0.15, 0.2) is 0 Å². The van der Waals surface area contributed by atoms with Crippen molar-refractivity contribution in [3.63, 3.8) is 0 Å². The Kier molecular flexibility index (Phi) is 74.8. The van der Waals surface area contributed by atoms with Gasteiger partial charge in [0.15, 0.2) is 12.2 Å². The molecule has 0 aliphatic carbocycles. The first-order valence-electron chi connectivity index (χ1n) is 42.8. The van der Waals surface area contributed by atoms with Crippen LogP contribution in [-0.2, 0) is 65.4 Å². The van der Waals surface area contributed by atoms with Gasteiger partial charge in [-0.25, -0.2) is 9.13 Å². The fourth-order valence-electron chi connectivity index (χ4n) is 12.8. The van der Waals surface area contributed by atoms with Gasteiger partial charge in [0.25, 0.3) is 0 Å². The molecule has 3 N–H and O–H groups in total. The van der Waals surface area contributed by atoms with Crippen molar-refractivity contribution in [3.05, 3.63) is 0 Å². The minimum Gasteiger partial charge on any atom is -0.462 e. The summed E-state index contributed by atoms with van der Waals surface area (Å²) in [6, 6.07) is 0. The lowest BCUT2D eigenvalue weighted by molar-refractivity contribution is -0.161. The smallest absolute Gasteiger partial charge is 0.462 e. The molecule has 0 radical (unpaired) electrons. The molecule has 5 atom stereocenters. The number of unbranched alkanes of at least 4 members (excludes halogenated alkanes) is 57. The van der Waals surface area contributed by atoms with Gasteiger partial charge < -0.3 is 33.8 Å². The summed E-state index contributed by atoms with van der Waals surface area (Å²) in [5.74, 6) is -2.10. The molecule has 0 fully saturated rings. The van der Waals surface area contributed by atoms with E-state index in [2.05, 4.69) is 27.7 Å². The van der Waals surface area contributed by atoms with Gasteiger partial charge in [0.05, 0.1) is 26.4 Å². The van der Waals surface area contributed by atoms with Gasteiger partial charge in [-0.15, -0.1) is 0 Å². The lowest BCUT2D eigenvalue weighted by Gasteiger charge is -2.21. The van der Waals surface area contributed by atoms with Crippen molar-refractivity contribution in [2.75, 3.05) is 39.6 Å². The number of hydrogen-bond acceptors (Lipinski definition) is 15. The molecule has 0 rings (SSSR count). The number of rotatable bonds is 83. The standard InChI is InChI=1S/C82H160O17P2/c1-5-9-13-17-21-25-28-31-34-36-37-38-39-41-43-46-49-53-57-61-65-69-82(87)99-78(73-93-80(85)67-63-59-55-51-47-45-42-40-35-32-29-26-22-18-14-10-6-2)75-97-101(90,91)95-71-76(83)70-94-100(88,89)96-74-77(72-92-79(84)66-62-58-54-50-24-20-16-12-8-4)98-81(86)68-64-60-56-52-48-44-33-30-27-23-19-15-11-7-3/h76-78,83H,5-75H2,1-4H3,(H,88,89)(H,90,91)/t76-,77+,78+/m0/s1. The van der Waals surface area contributed by atoms with Crippen molar-refractivity contribution in [2.45, 2.75) is 463 Å². The molecule has 0 aromatic carbocycles. The average molecular weight is 1480 g/mol. The molecular weight excluding hydrogens is 1320 g/mol. The largest absolute Gasteiger partial charge is 0.472 e. The van der Waals surface area contributed by atoms with Gasteiger partial charge in [-0.1, -0.05) is 394 Å². The second-order valence-corrected chi connectivity index (χ2v) is 32.4. The van der Waals surface area contributed by atoms with Crippen LogP contribution < -0.4 is 0 Å². The zero-order valence-corrected chi connectivity index (χ0v) is 67.7. The van der Waals surface area contributed by atoms with Crippen LogP contribution >= 0.6 is 15.6 Å². The Morgan fingerprint density at radius 3 is 0.584 bits per heavy atom. The Balaban J connectivity index is 5.20. The van der Waals surface area contributed by atoms with Crippen LogP contribution in [0, 0.1) is 0 Å². The van der Waals surface area contributed by atoms with E-state index in [4.69, 9.17) is 37.0 Å². The number of carbonyl (C=O) groups excluding carboxylic acids is 4. The van der Waals surface area contributed by atoms with Crippen molar-refractivity contribution in [3.8, 4) is 0 Å². The highest BCUT2D eigenvalue weighted by Crippen LogP contribution is 2.45. The van der Waals surface area contributed by atoms with Crippen molar-refractivity contribution in [1.82, 2.24) is 0 Å². The van der Waals surface area contributed by atoms with Crippen LogP contribution in [0.2, 0.25) is 0 Å². The fraction of sp³-hybridized carbons (Fsp3) is 0.951. The van der Waals surface area contributed by atoms with Gasteiger partial charge in [-0.05, 0) is 25.7 Å². The minimum absolute atomic E-state index is 0.109. The van der Waals surface area contributed by atoms with Crippen molar-refractivity contribution in [1.29, 1.82) is 0 Å². The summed E-state index contributed by atoms with van der Waals surface area (Å²) in [4.78, 5) is 73.0. The average Bonchev–Trinajstić information content (AvgIpc) is 1.00. The van der Waals surface area contributed by atoms with Crippen LogP contribution in [0.3, 0.4) is 0 Å². The van der Waals surface area contributed by atoms with E-state index in [1.165, 1.54) is 276 Å². The Morgan fingerprint density at radius 1 is 0.238 bits per heavy atom. The van der Waals surface area contributed by atoms with Crippen molar-refractivity contribution in [2.24, 2.45) is 0 Å². The molecule has 0 heterocycles. The SMILES string of the molecule is CCCCCCCCCCCCCCCCCCCCCCCC(=O)O[C@H](COC(=O)CCCCCCCCCCCCCCCCCCC)COP(=O)(O)OC[C@@H](O)COP(=O)(O)OC[C@@H](COC(=O)CCCCCCCCCCC)OC(=O)CCCCCCCCCCCCCCCC.